The Balaban J connectivity index is 2.29. The molecule has 6 heteroatoms. The Morgan fingerprint density at radius 3 is 1.64 bits per heavy atom. The summed E-state index contributed by atoms with van der Waals surface area (Å²) < 4.78 is 0. The summed E-state index contributed by atoms with van der Waals surface area (Å²) in [6.45, 7) is 1.07. The van der Waals surface area contributed by atoms with Crippen molar-refractivity contribution in [3.8, 4) is 10.0 Å². The van der Waals surface area contributed by atoms with Crippen LogP contribution in [0, 0.1) is 0 Å². The van der Waals surface area contributed by atoms with Crippen molar-refractivity contribution in [3.05, 3.63) is 22.1 Å². The van der Waals surface area contributed by atoms with E-state index in [2.05, 4.69) is 9.97 Å². The number of nitrogens with zero attached hydrogens (tertiary/aromatic N) is 2. The average molecular weight is 226 g/mol. The van der Waals surface area contributed by atoms with Crippen molar-refractivity contribution >= 4 is 22.7 Å². The first-order valence-electron chi connectivity index (χ1n) is 4.13. The number of hydrogen-bond donors (Lipinski definition) is 2. The van der Waals surface area contributed by atoms with Crippen molar-refractivity contribution in [1.29, 1.82) is 0 Å². The van der Waals surface area contributed by atoms with E-state index in [9.17, 15) is 0 Å². The van der Waals surface area contributed by atoms with Crippen molar-refractivity contribution in [3.63, 3.8) is 0 Å². The van der Waals surface area contributed by atoms with Crippen LogP contribution in [-0.4, -0.2) is 9.97 Å². The number of hydrogen-bond acceptors (Lipinski definition) is 6. The highest BCUT2D eigenvalue weighted by Gasteiger charge is 2.07. The molecule has 0 saturated carbocycles. The van der Waals surface area contributed by atoms with Crippen LogP contribution in [0.1, 0.15) is 9.75 Å². The molecule has 2 heterocycles. The van der Waals surface area contributed by atoms with Gasteiger partial charge in [0.25, 0.3) is 0 Å². The third-order valence-electron chi connectivity index (χ3n) is 1.69. The molecule has 0 saturated heterocycles. The molecule has 0 aliphatic rings. The molecule has 0 unspecified atom stereocenters. The van der Waals surface area contributed by atoms with Crippen LogP contribution in [0.4, 0.5) is 0 Å². The Bertz CT molecular complexity index is 380. The molecular formula is C8H10N4S2. The van der Waals surface area contributed by atoms with Crippen LogP contribution in [0.2, 0.25) is 0 Å². The third-order valence-corrected chi connectivity index (χ3v) is 3.87. The summed E-state index contributed by atoms with van der Waals surface area (Å²) in [7, 11) is 0. The zero-order valence-corrected chi connectivity index (χ0v) is 9.07. The molecule has 0 amide bonds. The van der Waals surface area contributed by atoms with E-state index >= 15 is 0 Å². The molecule has 0 aromatic carbocycles. The van der Waals surface area contributed by atoms with E-state index in [0.29, 0.717) is 13.1 Å². The first-order chi connectivity index (χ1) is 6.83. The van der Waals surface area contributed by atoms with Crippen LogP contribution in [0.3, 0.4) is 0 Å². The second-order valence-corrected chi connectivity index (χ2v) is 4.90. The van der Waals surface area contributed by atoms with Gasteiger partial charge in [-0.05, 0) is 0 Å². The fraction of sp³-hybridized carbons (Fsp3) is 0.250. The zero-order chi connectivity index (χ0) is 9.97. The zero-order valence-electron chi connectivity index (χ0n) is 7.43. The molecule has 0 aliphatic heterocycles. The summed E-state index contributed by atoms with van der Waals surface area (Å²) in [5.74, 6) is 0. The van der Waals surface area contributed by atoms with Gasteiger partial charge in [0.05, 0.1) is 0 Å². The van der Waals surface area contributed by atoms with Crippen LogP contribution in [0.25, 0.3) is 10.0 Å². The molecule has 74 valence electrons. The van der Waals surface area contributed by atoms with Crippen molar-refractivity contribution in [2.24, 2.45) is 11.5 Å². The molecule has 0 fully saturated rings. The van der Waals surface area contributed by atoms with Gasteiger partial charge in [-0.2, -0.15) is 0 Å². The first-order valence-corrected chi connectivity index (χ1v) is 5.76. The second kappa shape index (κ2) is 4.14. The van der Waals surface area contributed by atoms with Crippen LogP contribution in [0.5, 0.6) is 0 Å². The van der Waals surface area contributed by atoms with Gasteiger partial charge >= 0.3 is 0 Å². The van der Waals surface area contributed by atoms with Gasteiger partial charge < -0.3 is 11.5 Å². The monoisotopic (exact) mass is 226 g/mol. The van der Waals surface area contributed by atoms with Gasteiger partial charge in [0.1, 0.15) is 0 Å². The highest BCUT2D eigenvalue weighted by molar-refractivity contribution is 7.21. The van der Waals surface area contributed by atoms with Crippen LogP contribution in [0.15, 0.2) is 12.4 Å². The lowest BCUT2D eigenvalue weighted by Crippen LogP contribution is -1.91. The molecule has 0 spiro atoms. The summed E-state index contributed by atoms with van der Waals surface area (Å²) >= 11 is 3.16. The van der Waals surface area contributed by atoms with Crippen molar-refractivity contribution < 1.29 is 0 Å². The van der Waals surface area contributed by atoms with Gasteiger partial charge in [-0.15, -0.1) is 22.7 Å². The summed E-state index contributed by atoms with van der Waals surface area (Å²) in [5, 5.41) is 1.85. The Morgan fingerprint density at radius 1 is 0.929 bits per heavy atom. The van der Waals surface area contributed by atoms with Gasteiger partial charge in [0.2, 0.25) is 0 Å². The molecular weight excluding hydrogens is 216 g/mol. The normalized spacial score (nSPS) is 10.7. The fourth-order valence-electron chi connectivity index (χ4n) is 1.00. The molecule has 2 aromatic rings. The van der Waals surface area contributed by atoms with E-state index in [1.807, 2.05) is 0 Å². The van der Waals surface area contributed by atoms with Gasteiger partial charge in [0.15, 0.2) is 10.0 Å². The predicted octanol–water partition coefficient (Wildman–Crippen LogP) is 1.18. The Hall–Kier alpha value is -0.820. The van der Waals surface area contributed by atoms with E-state index in [0.717, 1.165) is 19.8 Å². The van der Waals surface area contributed by atoms with Crippen molar-refractivity contribution in [2.75, 3.05) is 0 Å². The SMILES string of the molecule is NCc1cnc(-c2ncc(CN)s2)s1. The molecule has 0 atom stereocenters. The van der Waals surface area contributed by atoms with Crippen molar-refractivity contribution in [1.82, 2.24) is 9.97 Å². The molecule has 2 rings (SSSR count). The molecule has 4 nitrogen and oxygen atoms in total. The average Bonchev–Trinajstić information content (AvgIpc) is 2.86. The number of nitrogens with two attached hydrogens (primary N) is 2. The largest absolute Gasteiger partial charge is 0.326 e. The summed E-state index contributed by atoms with van der Waals surface area (Å²) in [5.41, 5.74) is 11.0. The third kappa shape index (κ3) is 1.83. The minimum absolute atomic E-state index is 0.535. The van der Waals surface area contributed by atoms with E-state index in [4.69, 9.17) is 11.5 Å². The molecule has 4 N–H and O–H groups in total. The predicted molar refractivity (Wildman–Crippen MR) is 59.0 cm³/mol. The van der Waals surface area contributed by atoms with Gasteiger partial charge in [-0.25, -0.2) is 9.97 Å². The summed E-state index contributed by atoms with van der Waals surface area (Å²) in [4.78, 5) is 10.6. The van der Waals surface area contributed by atoms with Gasteiger partial charge in [-0.3, -0.25) is 0 Å². The topological polar surface area (TPSA) is 77.8 Å². The smallest absolute Gasteiger partial charge is 0.152 e. The summed E-state index contributed by atoms with van der Waals surface area (Å²) in [6, 6.07) is 0. The first kappa shape index (κ1) is 9.72. The lowest BCUT2D eigenvalue weighted by atomic mass is 10.6. The summed E-state index contributed by atoms with van der Waals surface area (Å²) in [6.07, 6.45) is 3.59. The second-order valence-electron chi connectivity index (χ2n) is 2.67. The van der Waals surface area contributed by atoms with Crippen LogP contribution in [-0.2, 0) is 13.1 Å². The van der Waals surface area contributed by atoms with E-state index in [-0.39, 0.29) is 0 Å². The minimum Gasteiger partial charge on any atom is -0.326 e. The van der Waals surface area contributed by atoms with E-state index in [1.165, 1.54) is 0 Å². The quantitative estimate of drug-likeness (QED) is 0.824. The van der Waals surface area contributed by atoms with Crippen molar-refractivity contribution in [2.45, 2.75) is 13.1 Å². The maximum absolute atomic E-state index is 5.51. The fourth-order valence-corrected chi connectivity index (χ4v) is 2.62. The minimum atomic E-state index is 0.535. The molecule has 14 heavy (non-hydrogen) atoms. The van der Waals surface area contributed by atoms with Gasteiger partial charge in [-0.1, -0.05) is 0 Å². The molecule has 0 aliphatic carbocycles. The lowest BCUT2D eigenvalue weighted by Gasteiger charge is -1.85. The Morgan fingerprint density at radius 2 is 1.36 bits per heavy atom. The highest BCUT2D eigenvalue weighted by Crippen LogP contribution is 2.28. The maximum atomic E-state index is 5.51. The Kier molecular flexibility index (Phi) is 2.87. The van der Waals surface area contributed by atoms with E-state index < -0.39 is 0 Å². The van der Waals surface area contributed by atoms with Crippen LogP contribution >= 0.6 is 22.7 Å². The highest BCUT2D eigenvalue weighted by atomic mass is 32.1. The number of rotatable bonds is 3. The number of thiazole rings is 2. The van der Waals surface area contributed by atoms with Crippen LogP contribution < -0.4 is 11.5 Å². The molecule has 0 radical (unpaired) electrons. The number of aromatic nitrogens is 2. The maximum Gasteiger partial charge on any atom is 0.152 e. The van der Waals surface area contributed by atoms with E-state index in [1.54, 1.807) is 35.1 Å². The van der Waals surface area contributed by atoms with Gasteiger partial charge in [0, 0.05) is 35.2 Å². The molecule has 2 aromatic heterocycles. The Labute approximate surface area is 89.6 Å². The molecule has 0 bridgehead atoms. The lowest BCUT2D eigenvalue weighted by molar-refractivity contribution is 1.09. The standard InChI is InChI=1S/C8H10N4S2/c9-1-5-3-11-7(13-5)8-12-4-6(2-10)14-8/h3-4H,1-2,9-10H2.